The zero-order chi connectivity index (χ0) is 15.4. The fourth-order valence-corrected chi connectivity index (χ4v) is 2.54. The minimum Gasteiger partial charge on any atom is -0.375 e. The quantitative estimate of drug-likeness (QED) is 0.947. The summed E-state index contributed by atoms with van der Waals surface area (Å²) in [5, 5.41) is 7.21. The lowest BCUT2D eigenvalue weighted by Crippen LogP contribution is -2.47. The Kier molecular flexibility index (Phi) is 4.39. The van der Waals surface area contributed by atoms with Crippen LogP contribution in [0.5, 0.6) is 0 Å². The summed E-state index contributed by atoms with van der Waals surface area (Å²) in [6.45, 7) is 3.91. The summed E-state index contributed by atoms with van der Waals surface area (Å²) in [6, 6.07) is 9.39. The van der Waals surface area contributed by atoms with E-state index in [2.05, 4.69) is 17.3 Å². The second-order valence-corrected chi connectivity index (χ2v) is 5.24. The Bertz CT molecular complexity index is 627. The number of carbonyl (C=O) groups is 1. The Morgan fingerprint density at radius 3 is 3.05 bits per heavy atom. The number of benzene rings is 1. The van der Waals surface area contributed by atoms with Crippen LogP contribution in [0.4, 0.5) is 10.5 Å². The summed E-state index contributed by atoms with van der Waals surface area (Å²) in [5.74, 6) is 0. The van der Waals surface area contributed by atoms with E-state index >= 15 is 0 Å². The first-order valence-electron chi connectivity index (χ1n) is 7.54. The number of carbonyl (C=O) groups excluding carboxylic acids is 1. The smallest absolute Gasteiger partial charge is 0.322 e. The molecule has 22 heavy (non-hydrogen) atoms. The lowest BCUT2D eigenvalue weighted by atomic mass is 10.2. The third-order valence-electron chi connectivity index (χ3n) is 3.78. The maximum absolute atomic E-state index is 12.5. The first-order valence-corrected chi connectivity index (χ1v) is 7.54. The summed E-state index contributed by atoms with van der Waals surface area (Å²) >= 11 is 0. The first kappa shape index (κ1) is 14.6. The van der Waals surface area contributed by atoms with Crippen molar-refractivity contribution in [2.75, 3.05) is 25.0 Å². The number of nitrogens with one attached hydrogen (secondary N) is 1. The van der Waals surface area contributed by atoms with Gasteiger partial charge >= 0.3 is 6.03 Å². The fraction of sp³-hybridized carbons (Fsp3) is 0.375. The van der Waals surface area contributed by atoms with E-state index < -0.39 is 0 Å². The number of hydrogen-bond donors (Lipinski definition) is 1. The summed E-state index contributed by atoms with van der Waals surface area (Å²) < 4.78 is 7.34. The average Bonchev–Trinajstić information content (AvgIpc) is 3.09. The molecule has 2 amide bonds. The van der Waals surface area contributed by atoms with Crippen molar-refractivity contribution in [3.8, 4) is 5.69 Å². The fourth-order valence-electron chi connectivity index (χ4n) is 2.54. The average molecular weight is 300 g/mol. The zero-order valence-electron chi connectivity index (χ0n) is 12.6. The van der Waals surface area contributed by atoms with Crippen LogP contribution in [0.25, 0.3) is 5.69 Å². The van der Waals surface area contributed by atoms with Crippen molar-refractivity contribution >= 4 is 11.7 Å². The highest BCUT2D eigenvalue weighted by Crippen LogP contribution is 2.20. The standard InChI is InChI=1S/C16H20N4O2/c1-2-13-12-19(10-11-22-13)16(21)18-14-6-3-4-7-15(14)20-9-5-8-17-20/h3-9,13H,2,10-12H2,1H3,(H,18,21)/t13-/m0/s1. The highest BCUT2D eigenvalue weighted by molar-refractivity contribution is 5.91. The molecular weight excluding hydrogens is 280 g/mol. The monoisotopic (exact) mass is 300 g/mol. The molecule has 6 nitrogen and oxygen atoms in total. The van der Waals surface area contributed by atoms with Gasteiger partial charge in [-0.15, -0.1) is 0 Å². The van der Waals surface area contributed by atoms with Gasteiger partial charge in [-0.25, -0.2) is 9.48 Å². The molecule has 1 aliphatic rings. The lowest BCUT2D eigenvalue weighted by Gasteiger charge is -2.32. The van der Waals surface area contributed by atoms with Crippen molar-refractivity contribution in [1.82, 2.24) is 14.7 Å². The molecule has 0 spiro atoms. The van der Waals surface area contributed by atoms with Gasteiger partial charge in [-0.1, -0.05) is 19.1 Å². The molecule has 0 unspecified atom stereocenters. The van der Waals surface area contributed by atoms with Gasteiger partial charge in [-0.2, -0.15) is 5.10 Å². The second kappa shape index (κ2) is 6.62. The molecule has 116 valence electrons. The van der Waals surface area contributed by atoms with Crippen LogP contribution in [-0.4, -0.2) is 46.5 Å². The van der Waals surface area contributed by atoms with Gasteiger partial charge in [0.2, 0.25) is 0 Å². The molecule has 1 aromatic carbocycles. The van der Waals surface area contributed by atoms with Gasteiger partial charge in [0, 0.05) is 25.5 Å². The van der Waals surface area contributed by atoms with E-state index in [4.69, 9.17) is 4.74 Å². The molecule has 1 atom stereocenters. The number of ether oxygens (including phenoxy) is 1. The SMILES string of the molecule is CC[C@H]1CN(C(=O)Nc2ccccc2-n2cccn2)CCO1. The lowest BCUT2D eigenvalue weighted by molar-refractivity contribution is -0.0134. The molecule has 0 aliphatic carbocycles. The molecule has 6 heteroatoms. The molecule has 0 bridgehead atoms. The van der Waals surface area contributed by atoms with Crippen molar-refractivity contribution in [2.24, 2.45) is 0 Å². The number of nitrogens with zero attached hydrogens (tertiary/aromatic N) is 3. The number of anilines is 1. The van der Waals surface area contributed by atoms with Crippen molar-refractivity contribution in [3.63, 3.8) is 0 Å². The molecule has 1 fully saturated rings. The third-order valence-corrected chi connectivity index (χ3v) is 3.78. The number of rotatable bonds is 3. The molecule has 0 saturated carbocycles. The summed E-state index contributed by atoms with van der Waals surface area (Å²) in [6.07, 6.45) is 4.60. The number of urea groups is 1. The zero-order valence-corrected chi connectivity index (χ0v) is 12.6. The minimum absolute atomic E-state index is 0.0960. The molecule has 1 N–H and O–H groups in total. The van der Waals surface area contributed by atoms with Crippen LogP contribution in [-0.2, 0) is 4.74 Å². The van der Waals surface area contributed by atoms with Crippen molar-refractivity contribution in [1.29, 1.82) is 0 Å². The molecule has 3 rings (SSSR count). The predicted octanol–water partition coefficient (Wildman–Crippen LogP) is 2.52. The van der Waals surface area contributed by atoms with Crippen LogP contribution >= 0.6 is 0 Å². The van der Waals surface area contributed by atoms with Crippen LogP contribution in [0.15, 0.2) is 42.7 Å². The predicted molar refractivity (Wildman–Crippen MR) is 84.2 cm³/mol. The van der Waals surface area contributed by atoms with E-state index in [1.54, 1.807) is 15.8 Å². The molecule has 2 heterocycles. The van der Waals surface area contributed by atoms with Crippen molar-refractivity contribution in [2.45, 2.75) is 19.4 Å². The molecule has 2 aromatic rings. The van der Waals surface area contributed by atoms with Gasteiger partial charge in [0.05, 0.1) is 24.1 Å². The van der Waals surface area contributed by atoms with Crippen molar-refractivity contribution < 1.29 is 9.53 Å². The molecule has 1 aromatic heterocycles. The second-order valence-electron chi connectivity index (χ2n) is 5.24. The minimum atomic E-state index is -0.0960. The Labute approximate surface area is 129 Å². The van der Waals surface area contributed by atoms with Crippen LogP contribution in [0.1, 0.15) is 13.3 Å². The topological polar surface area (TPSA) is 59.4 Å². The third kappa shape index (κ3) is 3.12. The van der Waals surface area contributed by atoms with Gasteiger partial charge in [0.1, 0.15) is 0 Å². The van der Waals surface area contributed by atoms with Gasteiger partial charge in [0.25, 0.3) is 0 Å². The number of amides is 2. The van der Waals surface area contributed by atoms with E-state index in [0.29, 0.717) is 19.7 Å². The molecule has 1 saturated heterocycles. The number of morpholine rings is 1. The summed E-state index contributed by atoms with van der Waals surface area (Å²) in [5.41, 5.74) is 1.59. The van der Waals surface area contributed by atoms with E-state index in [-0.39, 0.29) is 12.1 Å². The highest BCUT2D eigenvalue weighted by atomic mass is 16.5. The van der Waals surface area contributed by atoms with Gasteiger partial charge in [-0.3, -0.25) is 0 Å². The van der Waals surface area contributed by atoms with Gasteiger partial charge in [-0.05, 0) is 24.6 Å². The van der Waals surface area contributed by atoms with E-state index in [9.17, 15) is 4.79 Å². The Balaban J connectivity index is 1.74. The molecule has 1 aliphatic heterocycles. The molecular formula is C16H20N4O2. The van der Waals surface area contributed by atoms with E-state index in [1.807, 2.05) is 36.5 Å². The van der Waals surface area contributed by atoms with Crippen molar-refractivity contribution in [3.05, 3.63) is 42.7 Å². The highest BCUT2D eigenvalue weighted by Gasteiger charge is 2.23. The van der Waals surface area contributed by atoms with Crippen LogP contribution < -0.4 is 5.32 Å². The molecule has 0 radical (unpaired) electrons. The normalized spacial score (nSPS) is 18.2. The maximum Gasteiger partial charge on any atom is 0.322 e. The first-order chi connectivity index (χ1) is 10.8. The van der Waals surface area contributed by atoms with Crippen LogP contribution in [0, 0.1) is 0 Å². The number of hydrogen-bond acceptors (Lipinski definition) is 3. The van der Waals surface area contributed by atoms with E-state index in [0.717, 1.165) is 17.8 Å². The van der Waals surface area contributed by atoms with E-state index in [1.165, 1.54) is 0 Å². The Hall–Kier alpha value is -2.34. The van der Waals surface area contributed by atoms with Crippen LogP contribution in [0.2, 0.25) is 0 Å². The number of para-hydroxylation sites is 2. The summed E-state index contributed by atoms with van der Waals surface area (Å²) in [4.78, 5) is 14.3. The van der Waals surface area contributed by atoms with Crippen LogP contribution in [0.3, 0.4) is 0 Å². The van der Waals surface area contributed by atoms with Gasteiger partial charge < -0.3 is 15.0 Å². The number of aromatic nitrogens is 2. The maximum atomic E-state index is 12.5. The summed E-state index contributed by atoms with van der Waals surface area (Å²) in [7, 11) is 0. The van der Waals surface area contributed by atoms with Gasteiger partial charge in [0.15, 0.2) is 0 Å². The Morgan fingerprint density at radius 2 is 2.27 bits per heavy atom. The largest absolute Gasteiger partial charge is 0.375 e. The Morgan fingerprint density at radius 1 is 1.41 bits per heavy atom.